The molecule has 7 aromatic carbocycles. The summed E-state index contributed by atoms with van der Waals surface area (Å²) >= 11 is 0. The molecule has 44 heavy (non-hydrogen) atoms. The summed E-state index contributed by atoms with van der Waals surface area (Å²) in [6.45, 7) is 0. The van der Waals surface area contributed by atoms with E-state index in [4.69, 9.17) is 19.9 Å². The molecular formula is C40H24N4. The quantitative estimate of drug-likeness (QED) is 0.159. The molecule has 0 amide bonds. The third-order valence-electron chi connectivity index (χ3n) is 8.49. The molecule has 9 rings (SSSR count). The molecule has 0 bridgehead atoms. The van der Waals surface area contributed by atoms with Crippen LogP contribution in [0.15, 0.2) is 146 Å². The highest BCUT2D eigenvalue weighted by Crippen LogP contribution is 2.37. The monoisotopic (exact) mass is 560 g/mol. The number of aromatic nitrogens is 4. The Morgan fingerprint density at radius 1 is 0.364 bits per heavy atom. The SMILES string of the molecule is c1ccc(-c2nc(-c3ccc(-c4ncc5c6ccccc6c6cc7ccccc7cc6c5n4)cc3)c3ccccc3n2)cc1. The van der Waals surface area contributed by atoms with Crippen LogP contribution in [0.25, 0.3) is 88.2 Å². The molecule has 204 valence electrons. The Morgan fingerprint density at radius 3 is 1.73 bits per heavy atom. The van der Waals surface area contributed by atoms with E-state index in [1.54, 1.807) is 0 Å². The van der Waals surface area contributed by atoms with E-state index in [0.29, 0.717) is 11.6 Å². The van der Waals surface area contributed by atoms with Crippen LogP contribution in [0.1, 0.15) is 0 Å². The number of para-hydroxylation sites is 1. The van der Waals surface area contributed by atoms with Crippen molar-refractivity contribution in [2.75, 3.05) is 0 Å². The van der Waals surface area contributed by atoms with Crippen LogP contribution in [0.3, 0.4) is 0 Å². The van der Waals surface area contributed by atoms with Gasteiger partial charge in [0.15, 0.2) is 11.6 Å². The Labute approximate surface area is 253 Å². The molecule has 0 saturated heterocycles. The van der Waals surface area contributed by atoms with E-state index in [2.05, 4.69) is 91.0 Å². The van der Waals surface area contributed by atoms with Gasteiger partial charge < -0.3 is 0 Å². The van der Waals surface area contributed by atoms with Crippen molar-refractivity contribution >= 4 is 54.1 Å². The molecule has 0 radical (unpaired) electrons. The van der Waals surface area contributed by atoms with Gasteiger partial charge in [-0.3, -0.25) is 0 Å². The van der Waals surface area contributed by atoms with Crippen molar-refractivity contribution in [1.29, 1.82) is 0 Å². The highest BCUT2D eigenvalue weighted by Gasteiger charge is 2.15. The van der Waals surface area contributed by atoms with Crippen LogP contribution >= 0.6 is 0 Å². The standard InChI is InChI=1S/C40H24N4/c1-2-10-26(11-3-1)40-42-36-17-9-8-16-32(36)37(43-40)25-18-20-27(21-19-25)39-41-24-35-31-15-7-6-14-30(31)33-22-28-12-4-5-13-29(28)23-34(33)38(35)44-39/h1-24H. The molecule has 0 saturated carbocycles. The maximum absolute atomic E-state index is 5.20. The van der Waals surface area contributed by atoms with Crippen molar-refractivity contribution in [3.05, 3.63) is 146 Å². The summed E-state index contributed by atoms with van der Waals surface area (Å²) in [4.78, 5) is 20.0. The minimum absolute atomic E-state index is 0.700. The largest absolute Gasteiger partial charge is 0.236 e. The van der Waals surface area contributed by atoms with Crippen molar-refractivity contribution in [1.82, 2.24) is 19.9 Å². The van der Waals surface area contributed by atoms with Crippen LogP contribution in [0.2, 0.25) is 0 Å². The van der Waals surface area contributed by atoms with Gasteiger partial charge in [0.1, 0.15) is 0 Å². The fourth-order valence-corrected chi connectivity index (χ4v) is 6.33. The van der Waals surface area contributed by atoms with Crippen LogP contribution in [-0.2, 0) is 0 Å². The van der Waals surface area contributed by atoms with E-state index < -0.39 is 0 Å². The molecule has 0 atom stereocenters. The van der Waals surface area contributed by atoms with Gasteiger partial charge in [0.25, 0.3) is 0 Å². The summed E-state index contributed by atoms with van der Waals surface area (Å²) in [7, 11) is 0. The summed E-state index contributed by atoms with van der Waals surface area (Å²) in [5, 5.41) is 9.23. The molecule has 0 aliphatic rings. The van der Waals surface area contributed by atoms with Gasteiger partial charge in [-0.1, -0.05) is 121 Å². The van der Waals surface area contributed by atoms with Crippen LogP contribution < -0.4 is 0 Å². The van der Waals surface area contributed by atoms with E-state index in [1.165, 1.54) is 21.5 Å². The zero-order valence-electron chi connectivity index (χ0n) is 23.6. The predicted octanol–water partition coefficient (Wildman–Crippen LogP) is 10.0. The van der Waals surface area contributed by atoms with Crippen LogP contribution in [0, 0.1) is 0 Å². The number of hydrogen-bond acceptors (Lipinski definition) is 4. The summed E-state index contributed by atoms with van der Waals surface area (Å²) in [5.41, 5.74) is 5.77. The fourth-order valence-electron chi connectivity index (χ4n) is 6.33. The second-order valence-electron chi connectivity index (χ2n) is 11.1. The Balaban J connectivity index is 1.20. The molecule has 0 fully saturated rings. The summed E-state index contributed by atoms with van der Waals surface area (Å²) in [5.74, 6) is 1.42. The maximum Gasteiger partial charge on any atom is 0.160 e. The second-order valence-corrected chi connectivity index (χ2v) is 11.1. The van der Waals surface area contributed by atoms with Gasteiger partial charge in [-0.05, 0) is 45.1 Å². The molecule has 0 spiro atoms. The first-order valence-electron chi connectivity index (χ1n) is 14.7. The van der Waals surface area contributed by atoms with Gasteiger partial charge >= 0.3 is 0 Å². The topological polar surface area (TPSA) is 51.6 Å². The van der Waals surface area contributed by atoms with Gasteiger partial charge in [0.05, 0.1) is 16.7 Å². The van der Waals surface area contributed by atoms with Crippen LogP contribution in [0.4, 0.5) is 0 Å². The van der Waals surface area contributed by atoms with Crippen molar-refractivity contribution in [2.45, 2.75) is 0 Å². The predicted molar refractivity (Wildman–Crippen MR) is 181 cm³/mol. The van der Waals surface area contributed by atoms with Crippen molar-refractivity contribution in [3.63, 3.8) is 0 Å². The molecule has 4 nitrogen and oxygen atoms in total. The second kappa shape index (κ2) is 9.79. The number of benzene rings is 7. The third kappa shape index (κ3) is 3.92. The lowest BCUT2D eigenvalue weighted by Crippen LogP contribution is -1.95. The minimum Gasteiger partial charge on any atom is -0.236 e. The summed E-state index contributed by atoms with van der Waals surface area (Å²) in [6, 6.07) is 48.3. The Bertz CT molecular complexity index is 2540. The molecule has 4 heteroatoms. The number of nitrogens with zero attached hydrogens (tertiary/aromatic N) is 4. The molecule has 0 aliphatic heterocycles. The van der Waals surface area contributed by atoms with E-state index in [9.17, 15) is 0 Å². The smallest absolute Gasteiger partial charge is 0.160 e. The third-order valence-corrected chi connectivity index (χ3v) is 8.49. The molecule has 2 heterocycles. The highest BCUT2D eigenvalue weighted by molar-refractivity contribution is 6.26. The molecule has 9 aromatic rings. The maximum atomic E-state index is 5.20. The minimum atomic E-state index is 0.700. The van der Waals surface area contributed by atoms with Crippen molar-refractivity contribution in [2.24, 2.45) is 0 Å². The Kier molecular flexibility index (Phi) is 5.47. The molecule has 2 aromatic heterocycles. The lowest BCUT2D eigenvalue weighted by atomic mass is 9.95. The first kappa shape index (κ1) is 24.6. The van der Waals surface area contributed by atoms with E-state index in [0.717, 1.165) is 55.0 Å². The van der Waals surface area contributed by atoms with E-state index in [-0.39, 0.29) is 0 Å². The normalized spacial score (nSPS) is 11.6. The van der Waals surface area contributed by atoms with E-state index >= 15 is 0 Å². The average molecular weight is 561 g/mol. The zero-order valence-corrected chi connectivity index (χ0v) is 23.6. The van der Waals surface area contributed by atoms with Crippen LogP contribution in [-0.4, -0.2) is 19.9 Å². The van der Waals surface area contributed by atoms with Gasteiger partial charge in [0.2, 0.25) is 0 Å². The summed E-state index contributed by atoms with van der Waals surface area (Å²) in [6.07, 6.45) is 1.98. The highest BCUT2D eigenvalue weighted by atomic mass is 14.9. The zero-order chi connectivity index (χ0) is 29.0. The lowest BCUT2D eigenvalue weighted by molar-refractivity contribution is 1.22. The van der Waals surface area contributed by atoms with E-state index in [1.807, 2.05) is 54.7 Å². The van der Waals surface area contributed by atoms with Gasteiger partial charge in [-0.2, -0.15) is 0 Å². The van der Waals surface area contributed by atoms with Gasteiger partial charge in [-0.25, -0.2) is 19.9 Å². The number of rotatable bonds is 3. The van der Waals surface area contributed by atoms with Crippen molar-refractivity contribution < 1.29 is 0 Å². The lowest BCUT2D eigenvalue weighted by Gasteiger charge is -2.12. The van der Waals surface area contributed by atoms with Crippen molar-refractivity contribution in [3.8, 4) is 34.0 Å². The Morgan fingerprint density at radius 2 is 0.955 bits per heavy atom. The van der Waals surface area contributed by atoms with Gasteiger partial charge in [-0.15, -0.1) is 0 Å². The number of hydrogen-bond donors (Lipinski definition) is 0. The first-order valence-corrected chi connectivity index (χ1v) is 14.7. The Hall–Kier alpha value is -6.00. The summed E-state index contributed by atoms with van der Waals surface area (Å²) < 4.78 is 0. The average Bonchev–Trinajstić information content (AvgIpc) is 3.11. The number of fused-ring (bicyclic) bond motifs is 8. The fraction of sp³-hybridized carbons (Fsp3) is 0. The molecule has 0 N–H and O–H groups in total. The molecule has 0 aliphatic carbocycles. The first-order chi connectivity index (χ1) is 21.8. The molecular weight excluding hydrogens is 536 g/mol. The van der Waals surface area contributed by atoms with Gasteiger partial charge in [0, 0.05) is 39.0 Å². The molecule has 0 unspecified atom stereocenters. The van der Waals surface area contributed by atoms with Crippen LogP contribution in [0.5, 0.6) is 0 Å².